The molecule has 2 rings (SSSR count). The van der Waals surface area contributed by atoms with Crippen LogP contribution in [-0.2, 0) is 13.0 Å². The lowest BCUT2D eigenvalue weighted by atomic mass is 10.1. The summed E-state index contributed by atoms with van der Waals surface area (Å²) in [6, 6.07) is 9.11. The molecule has 0 saturated heterocycles. The lowest BCUT2D eigenvalue weighted by Gasteiger charge is -2.29. The molecule has 0 radical (unpaired) electrons. The zero-order valence-corrected chi connectivity index (χ0v) is 15.1. The summed E-state index contributed by atoms with van der Waals surface area (Å²) >= 11 is 0. The van der Waals surface area contributed by atoms with E-state index in [1.54, 1.807) is 23.4 Å². The van der Waals surface area contributed by atoms with Crippen LogP contribution < -0.4 is 0 Å². The molecule has 2 aromatic heterocycles. The van der Waals surface area contributed by atoms with Crippen molar-refractivity contribution in [2.75, 3.05) is 6.61 Å². The van der Waals surface area contributed by atoms with E-state index in [9.17, 15) is 9.90 Å². The maximum Gasteiger partial charge on any atom is 0.273 e. The lowest BCUT2D eigenvalue weighted by Crippen LogP contribution is -2.42. The molecule has 0 unspecified atom stereocenters. The minimum absolute atomic E-state index is 0.0797. The van der Waals surface area contributed by atoms with Gasteiger partial charge in [-0.1, -0.05) is 32.4 Å². The first-order valence-corrected chi connectivity index (χ1v) is 8.96. The summed E-state index contributed by atoms with van der Waals surface area (Å²) in [5, 5.41) is 9.68. The largest absolute Gasteiger partial charge is 0.394 e. The van der Waals surface area contributed by atoms with Gasteiger partial charge in [-0.2, -0.15) is 0 Å². The number of aryl methyl sites for hydroxylation is 1. The van der Waals surface area contributed by atoms with E-state index in [4.69, 9.17) is 0 Å². The molecule has 2 heterocycles. The summed E-state index contributed by atoms with van der Waals surface area (Å²) in [5.74, 6) is -0.173. The van der Waals surface area contributed by atoms with Gasteiger partial charge in [0, 0.05) is 12.4 Å². The van der Waals surface area contributed by atoms with Gasteiger partial charge in [-0.15, -0.1) is 0 Å². The van der Waals surface area contributed by atoms with Gasteiger partial charge in [0.1, 0.15) is 5.69 Å². The Morgan fingerprint density at radius 2 is 2.04 bits per heavy atom. The molecule has 0 aliphatic rings. The van der Waals surface area contributed by atoms with Crippen LogP contribution >= 0.6 is 0 Å². The Kier molecular flexibility index (Phi) is 7.54. The van der Waals surface area contributed by atoms with Gasteiger partial charge >= 0.3 is 0 Å². The van der Waals surface area contributed by atoms with Crippen LogP contribution in [-0.4, -0.2) is 38.5 Å². The van der Waals surface area contributed by atoms with Crippen LogP contribution in [0.5, 0.6) is 0 Å². The number of amides is 1. The number of rotatable bonds is 9. The summed E-state index contributed by atoms with van der Waals surface area (Å²) in [6.07, 6.45) is 7.38. The van der Waals surface area contributed by atoms with E-state index in [0.29, 0.717) is 18.7 Å². The highest BCUT2D eigenvalue weighted by molar-refractivity contribution is 5.92. The number of nitrogens with zero attached hydrogens (tertiary/aromatic N) is 3. The highest BCUT2D eigenvalue weighted by Gasteiger charge is 2.24. The minimum atomic E-state index is -0.254. The number of carbonyl (C=O) groups is 1. The highest BCUT2D eigenvalue weighted by Crippen LogP contribution is 2.14. The Morgan fingerprint density at radius 1 is 1.20 bits per heavy atom. The number of carbonyl (C=O) groups excluding carboxylic acids is 1. The maximum absolute atomic E-state index is 13.0. The number of pyridine rings is 2. The summed E-state index contributed by atoms with van der Waals surface area (Å²) in [4.78, 5) is 23.3. The summed E-state index contributed by atoms with van der Waals surface area (Å²) in [5.41, 5.74) is 2.34. The maximum atomic E-state index is 13.0. The van der Waals surface area contributed by atoms with Crippen molar-refractivity contribution in [2.45, 2.75) is 52.1 Å². The third-order valence-electron chi connectivity index (χ3n) is 4.30. The first-order chi connectivity index (χ1) is 12.2. The molecule has 0 fully saturated rings. The molecule has 2 aromatic rings. The molecule has 0 aliphatic heterocycles. The molecule has 1 N–H and O–H groups in total. The molecule has 0 saturated carbocycles. The summed E-state index contributed by atoms with van der Waals surface area (Å²) in [7, 11) is 0. The third kappa shape index (κ3) is 5.36. The zero-order chi connectivity index (χ0) is 18.1. The molecule has 25 heavy (non-hydrogen) atoms. The van der Waals surface area contributed by atoms with Crippen molar-refractivity contribution in [1.29, 1.82) is 0 Å². The molecule has 0 bridgehead atoms. The molecular weight excluding hydrogens is 314 g/mol. The smallest absolute Gasteiger partial charge is 0.273 e. The average molecular weight is 341 g/mol. The SMILES string of the molecule is CCCCc1ccc(C(=O)N(Cc2ccccn2)[C@H](CC)CO)nc1. The Morgan fingerprint density at radius 3 is 2.60 bits per heavy atom. The van der Waals surface area contributed by atoms with Crippen LogP contribution in [0.1, 0.15) is 54.9 Å². The summed E-state index contributed by atoms with van der Waals surface area (Å²) < 4.78 is 0. The molecule has 0 aromatic carbocycles. The predicted octanol–water partition coefficient (Wildman–Crippen LogP) is 3.23. The second-order valence-corrected chi connectivity index (χ2v) is 6.15. The monoisotopic (exact) mass is 341 g/mol. The number of unbranched alkanes of at least 4 members (excludes halogenated alkanes) is 1. The molecule has 134 valence electrons. The normalized spacial score (nSPS) is 12.0. The number of aliphatic hydroxyl groups is 1. The predicted molar refractivity (Wildman–Crippen MR) is 98.1 cm³/mol. The van der Waals surface area contributed by atoms with Crippen LogP contribution in [0.4, 0.5) is 0 Å². The van der Waals surface area contributed by atoms with Crippen LogP contribution in [0.15, 0.2) is 42.7 Å². The van der Waals surface area contributed by atoms with Crippen LogP contribution in [0, 0.1) is 0 Å². The number of aliphatic hydroxyl groups excluding tert-OH is 1. The Balaban J connectivity index is 2.19. The average Bonchev–Trinajstić information content (AvgIpc) is 2.67. The standard InChI is InChI=1S/C20H27N3O2/c1-3-5-8-16-10-11-19(22-13-16)20(25)23(18(4-2)15-24)14-17-9-6-7-12-21-17/h6-7,9-13,18,24H,3-5,8,14-15H2,1-2H3/t18-/m1/s1. The number of aromatic nitrogens is 2. The van der Waals surface area contributed by atoms with Crippen molar-refractivity contribution >= 4 is 5.91 Å². The molecule has 5 nitrogen and oxygen atoms in total. The van der Waals surface area contributed by atoms with E-state index in [2.05, 4.69) is 16.9 Å². The van der Waals surface area contributed by atoms with Crippen molar-refractivity contribution in [3.63, 3.8) is 0 Å². The van der Waals surface area contributed by atoms with Gasteiger partial charge in [-0.25, -0.2) is 0 Å². The van der Waals surface area contributed by atoms with Gasteiger partial charge in [0.05, 0.1) is 24.9 Å². The first-order valence-electron chi connectivity index (χ1n) is 8.96. The van der Waals surface area contributed by atoms with E-state index < -0.39 is 0 Å². The molecule has 0 aliphatic carbocycles. The quantitative estimate of drug-likeness (QED) is 0.760. The summed E-state index contributed by atoms with van der Waals surface area (Å²) in [6.45, 7) is 4.39. The van der Waals surface area contributed by atoms with Gasteiger partial charge in [0.2, 0.25) is 0 Å². The van der Waals surface area contributed by atoms with Crippen molar-refractivity contribution < 1.29 is 9.90 Å². The fourth-order valence-corrected chi connectivity index (χ4v) is 2.71. The van der Waals surface area contributed by atoms with Crippen molar-refractivity contribution in [1.82, 2.24) is 14.9 Å². The fraction of sp³-hybridized carbons (Fsp3) is 0.450. The number of hydrogen-bond donors (Lipinski definition) is 1. The third-order valence-corrected chi connectivity index (χ3v) is 4.30. The van der Waals surface area contributed by atoms with E-state index >= 15 is 0 Å². The van der Waals surface area contributed by atoms with E-state index in [0.717, 1.165) is 30.5 Å². The second kappa shape index (κ2) is 9.89. The van der Waals surface area contributed by atoms with Crippen molar-refractivity contribution in [2.24, 2.45) is 0 Å². The molecule has 1 amide bonds. The Hall–Kier alpha value is -2.27. The molecule has 5 heteroatoms. The Bertz CT molecular complexity index is 640. The van der Waals surface area contributed by atoms with Crippen LogP contribution in [0.2, 0.25) is 0 Å². The molecular formula is C20H27N3O2. The molecule has 1 atom stereocenters. The van der Waals surface area contributed by atoms with Crippen molar-refractivity contribution in [3.8, 4) is 0 Å². The minimum Gasteiger partial charge on any atom is -0.394 e. The van der Waals surface area contributed by atoms with Gasteiger partial charge in [0.15, 0.2) is 0 Å². The fourth-order valence-electron chi connectivity index (χ4n) is 2.71. The van der Waals surface area contributed by atoms with E-state index in [1.165, 1.54) is 0 Å². The first kappa shape index (κ1) is 19.1. The lowest BCUT2D eigenvalue weighted by molar-refractivity contribution is 0.0554. The molecule has 0 spiro atoms. The van der Waals surface area contributed by atoms with Gasteiger partial charge in [-0.05, 0) is 43.0 Å². The van der Waals surface area contributed by atoms with Crippen LogP contribution in [0.25, 0.3) is 0 Å². The highest BCUT2D eigenvalue weighted by atomic mass is 16.3. The Labute approximate surface area is 149 Å². The van der Waals surface area contributed by atoms with Crippen molar-refractivity contribution in [3.05, 3.63) is 59.7 Å². The van der Waals surface area contributed by atoms with Gasteiger partial charge in [-0.3, -0.25) is 14.8 Å². The van der Waals surface area contributed by atoms with E-state index in [-0.39, 0.29) is 18.6 Å². The second-order valence-electron chi connectivity index (χ2n) is 6.15. The number of hydrogen-bond acceptors (Lipinski definition) is 4. The van der Waals surface area contributed by atoms with Crippen LogP contribution in [0.3, 0.4) is 0 Å². The van der Waals surface area contributed by atoms with Gasteiger partial charge < -0.3 is 10.0 Å². The van der Waals surface area contributed by atoms with Gasteiger partial charge in [0.25, 0.3) is 5.91 Å². The topological polar surface area (TPSA) is 66.3 Å². The zero-order valence-electron chi connectivity index (χ0n) is 15.1. The van der Waals surface area contributed by atoms with E-state index in [1.807, 2.05) is 31.2 Å².